The number of carbonyl (C=O) groups is 1. The minimum Gasteiger partial charge on any atom is -0.504 e. The molecular weight excluding hydrogens is 452 g/mol. The Labute approximate surface area is 210 Å². The fourth-order valence-electron chi connectivity index (χ4n) is 6.35. The highest BCUT2D eigenvalue weighted by Crippen LogP contribution is 2.56. The quantitative estimate of drug-likeness (QED) is 0.464. The van der Waals surface area contributed by atoms with Crippen molar-refractivity contribution in [2.75, 3.05) is 18.4 Å². The number of hydrogen-bond acceptors (Lipinski definition) is 5. The molecule has 2 heterocycles. The van der Waals surface area contributed by atoms with Gasteiger partial charge >= 0.3 is 6.09 Å². The lowest BCUT2D eigenvalue weighted by molar-refractivity contribution is 0.0659. The minimum atomic E-state index is -0.479. The number of nitrogens with zero attached hydrogens (tertiary/aromatic N) is 1. The van der Waals surface area contributed by atoms with Crippen LogP contribution in [0.2, 0.25) is 0 Å². The van der Waals surface area contributed by atoms with Crippen molar-refractivity contribution in [1.29, 1.82) is 0 Å². The number of phenols is 1. The molecule has 1 amide bonds. The molecule has 3 aromatic rings. The highest BCUT2D eigenvalue weighted by Gasteiger charge is 2.53. The SMILES string of the molecule is O=C(Nc1cccc2ccccc12)O[C@H]1C=C[C@@]23CCN(CC4CC4)Cc4ccc(O)c(c42)O[C@H]3C1. The summed E-state index contributed by atoms with van der Waals surface area (Å²) in [6.45, 7) is 3.02. The number of phenolic OH excluding ortho intramolecular Hbond substituents is 1. The van der Waals surface area contributed by atoms with Crippen LogP contribution in [0.4, 0.5) is 10.5 Å². The Balaban J connectivity index is 1.13. The lowest BCUT2D eigenvalue weighted by Gasteiger charge is -2.36. The van der Waals surface area contributed by atoms with E-state index < -0.39 is 12.2 Å². The lowest BCUT2D eigenvalue weighted by atomic mass is 9.69. The van der Waals surface area contributed by atoms with Crippen LogP contribution in [0.25, 0.3) is 10.8 Å². The summed E-state index contributed by atoms with van der Waals surface area (Å²) in [5.74, 6) is 1.63. The van der Waals surface area contributed by atoms with Gasteiger partial charge in [0.05, 0.1) is 11.1 Å². The van der Waals surface area contributed by atoms with Crippen LogP contribution in [-0.2, 0) is 16.7 Å². The Morgan fingerprint density at radius 2 is 2.00 bits per heavy atom. The Hall–Kier alpha value is -3.51. The van der Waals surface area contributed by atoms with Gasteiger partial charge in [-0.2, -0.15) is 0 Å². The molecule has 2 N–H and O–H groups in total. The van der Waals surface area contributed by atoms with Gasteiger partial charge in [0.1, 0.15) is 12.2 Å². The monoisotopic (exact) mass is 482 g/mol. The first-order chi connectivity index (χ1) is 17.6. The molecule has 6 nitrogen and oxygen atoms in total. The summed E-state index contributed by atoms with van der Waals surface area (Å²) < 4.78 is 12.2. The maximum Gasteiger partial charge on any atom is 0.412 e. The van der Waals surface area contributed by atoms with Gasteiger partial charge in [0.15, 0.2) is 11.5 Å². The van der Waals surface area contributed by atoms with Gasteiger partial charge < -0.3 is 14.6 Å². The molecule has 1 spiro atoms. The fourth-order valence-corrected chi connectivity index (χ4v) is 6.35. The van der Waals surface area contributed by atoms with Crippen LogP contribution in [0.15, 0.2) is 66.7 Å². The molecule has 2 aliphatic carbocycles. The molecule has 3 atom stereocenters. The predicted octanol–water partition coefficient (Wildman–Crippen LogP) is 5.74. The number of ether oxygens (including phenoxy) is 2. The third-order valence-corrected chi connectivity index (χ3v) is 8.31. The maximum absolute atomic E-state index is 12.9. The van der Waals surface area contributed by atoms with Crippen molar-refractivity contribution in [3.8, 4) is 11.5 Å². The molecule has 2 aliphatic heterocycles. The molecule has 1 saturated carbocycles. The number of nitrogens with one attached hydrogen (secondary N) is 1. The summed E-state index contributed by atoms with van der Waals surface area (Å²) in [6, 6.07) is 17.6. The lowest BCUT2D eigenvalue weighted by Crippen LogP contribution is -2.44. The van der Waals surface area contributed by atoms with Crippen molar-refractivity contribution < 1.29 is 19.4 Å². The molecule has 0 aromatic heterocycles. The molecule has 0 bridgehead atoms. The average molecular weight is 483 g/mol. The van der Waals surface area contributed by atoms with Gasteiger partial charge in [-0.3, -0.25) is 10.2 Å². The van der Waals surface area contributed by atoms with E-state index in [0.29, 0.717) is 12.2 Å². The van der Waals surface area contributed by atoms with Gasteiger partial charge in [-0.15, -0.1) is 0 Å². The number of rotatable bonds is 4. The van der Waals surface area contributed by atoms with Gasteiger partial charge in [0, 0.05) is 30.5 Å². The predicted molar refractivity (Wildman–Crippen MR) is 138 cm³/mol. The second kappa shape index (κ2) is 8.27. The molecule has 0 saturated heterocycles. The highest BCUT2D eigenvalue weighted by molar-refractivity contribution is 6.00. The van der Waals surface area contributed by atoms with Crippen molar-refractivity contribution in [3.05, 3.63) is 77.9 Å². The summed E-state index contributed by atoms with van der Waals surface area (Å²) in [6.07, 6.45) is 7.29. The zero-order chi connectivity index (χ0) is 24.3. The van der Waals surface area contributed by atoms with Crippen LogP contribution in [0.3, 0.4) is 0 Å². The summed E-state index contributed by atoms with van der Waals surface area (Å²) in [5.41, 5.74) is 2.79. The average Bonchev–Trinajstić information content (AvgIpc) is 3.65. The molecule has 0 radical (unpaired) electrons. The Morgan fingerprint density at radius 1 is 1.14 bits per heavy atom. The van der Waals surface area contributed by atoms with Crippen LogP contribution in [0.5, 0.6) is 11.5 Å². The number of carbonyl (C=O) groups excluding carboxylic acids is 1. The van der Waals surface area contributed by atoms with E-state index in [-0.39, 0.29) is 17.3 Å². The molecule has 4 aliphatic rings. The molecule has 36 heavy (non-hydrogen) atoms. The smallest absolute Gasteiger partial charge is 0.412 e. The van der Waals surface area contributed by atoms with Gasteiger partial charge in [0.25, 0.3) is 0 Å². The molecule has 6 heteroatoms. The van der Waals surface area contributed by atoms with Crippen molar-refractivity contribution >= 4 is 22.6 Å². The van der Waals surface area contributed by atoms with E-state index >= 15 is 0 Å². The van der Waals surface area contributed by atoms with Crippen molar-refractivity contribution in [3.63, 3.8) is 0 Å². The summed E-state index contributed by atoms with van der Waals surface area (Å²) in [4.78, 5) is 15.4. The number of benzene rings is 3. The zero-order valence-electron chi connectivity index (χ0n) is 20.2. The second-order valence-electron chi connectivity index (χ2n) is 10.7. The van der Waals surface area contributed by atoms with Crippen molar-refractivity contribution in [2.24, 2.45) is 5.92 Å². The van der Waals surface area contributed by atoms with Crippen LogP contribution in [0.1, 0.15) is 36.8 Å². The molecular formula is C30H30N2O4. The molecule has 1 fully saturated rings. The van der Waals surface area contributed by atoms with Crippen LogP contribution in [0, 0.1) is 5.92 Å². The normalized spacial score (nSPS) is 26.6. The summed E-state index contributed by atoms with van der Waals surface area (Å²) >= 11 is 0. The number of fused-ring (bicyclic) bond motifs is 1. The third-order valence-electron chi connectivity index (χ3n) is 8.31. The first kappa shape index (κ1) is 21.7. The molecule has 0 unspecified atom stereocenters. The molecule has 7 rings (SSSR count). The Morgan fingerprint density at radius 3 is 2.89 bits per heavy atom. The van der Waals surface area contributed by atoms with Gasteiger partial charge in [-0.1, -0.05) is 48.5 Å². The maximum atomic E-state index is 12.9. The third kappa shape index (κ3) is 3.63. The van der Waals surface area contributed by atoms with Gasteiger partial charge in [-0.05, 0) is 60.9 Å². The molecule has 184 valence electrons. The number of anilines is 1. The number of amides is 1. The van der Waals surface area contributed by atoms with Crippen LogP contribution >= 0.6 is 0 Å². The van der Waals surface area contributed by atoms with Crippen molar-refractivity contribution in [2.45, 2.75) is 49.9 Å². The Bertz CT molecular complexity index is 1380. The topological polar surface area (TPSA) is 71.0 Å². The van der Waals surface area contributed by atoms with E-state index in [1.54, 1.807) is 6.07 Å². The summed E-state index contributed by atoms with van der Waals surface area (Å²) in [5, 5.41) is 15.6. The van der Waals surface area contributed by atoms with Gasteiger partial charge in [-0.25, -0.2) is 4.79 Å². The highest BCUT2D eigenvalue weighted by atomic mass is 16.6. The first-order valence-corrected chi connectivity index (χ1v) is 13.0. The van der Waals surface area contributed by atoms with Crippen LogP contribution in [-0.4, -0.2) is 41.4 Å². The van der Waals surface area contributed by atoms with E-state index in [2.05, 4.69) is 22.4 Å². The molecule has 3 aromatic carbocycles. The number of hydrogen-bond donors (Lipinski definition) is 2. The zero-order valence-corrected chi connectivity index (χ0v) is 20.2. The van der Waals surface area contributed by atoms with E-state index in [0.717, 1.165) is 54.0 Å². The van der Waals surface area contributed by atoms with Crippen molar-refractivity contribution in [1.82, 2.24) is 4.90 Å². The Kier molecular flexibility index (Phi) is 5.00. The standard InChI is InChI=1S/C30H30N2O4/c33-25-11-10-21-18-32(17-19-8-9-19)15-14-30-13-12-22(16-26(30)36-28(25)27(21)30)35-29(34)31-24-7-3-5-20-4-1-2-6-23(20)24/h1-7,10-13,19,22,26,33H,8-9,14-18H2,(H,31,34)/t22-,26-,30-/m0/s1. The second-order valence-corrected chi connectivity index (χ2v) is 10.7. The minimum absolute atomic E-state index is 0.180. The van der Waals surface area contributed by atoms with E-state index in [1.165, 1.54) is 18.4 Å². The van der Waals surface area contributed by atoms with E-state index in [9.17, 15) is 9.90 Å². The van der Waals surface area contributed by atoms with Crippen LogP contribution < -0.4 is 10.1 Å². The van der Waals surface area contributed by atoms with Gasteiger partial charge in [0.2, 0.25) is 0 Å². The summed E-state index contributed by atoms with van der Waals surface area (Å²) in [7, 11) is 0. The first-order valence-electron chi connectivity index (χ1n) is 13.0. The van der Waals surface area contributed by atoms with E-state index in [4.69, 9.17) is 9.47 Å². The number of aromatic hydroxyl groups is 1. The largest absolute Gasteiger partial charge is 0.504 e. The fraction of sp³-hybridized carbons (Fsp3) is 0.367. The van der Waals surface area contributed by atoms with E-state index in [1.807, 2.05) is 48.5 Å².